The summed E-state index contributed by atoms with van der Waals surface area (Å²) in [5, 5.41) is 7.07. The van der Waals surface area contributed by atoms with Crippen molar-refractivity contribution in [2.75, 3.05) is 5.32 Å². The standard InChI is InChI=1S/C25H21F3N4O3/c1-2-22(17-6-4-3-5-7-17)34-24(33)30-19-10-8-18(9-11-19)23-29-16-32(31-23)20-12-14-21(15-13-20)35-25(26,27)28/h3-16,22H,2H2,1H3,(H,30,33). The molecule has 180 valence electrons. The SMILES string of the molecule is CCC(OC(=O)Nc1ccc(-c2ncn(-c3ccc(OC(F)(F)F)cc3)n2)cc1)c1ccccc1. The number of ether oxygens (including phenoxy) is 2. The number of hydrogen-bond acceptors (Lipinski definition) is 5. The second kappa shape index (κ2) is 10.3. The monoisotopic (exact) mass is 482 g/mol. The second-order valence-electron chi connectivity index (χ2n) is 7.47. The smallest absolute Gasteiger partial charge is 0.441 e. The van der Waals surface area contributed by atoms with Crippen molar-refractivity contribution in [2.45, 2.75) is 25.8 Å². The Morgan fingerprint density at radius 2 is 1.69 bits per heavy atom. The molecule has 0 aliphatic carbocycles. The first-order valence-corrected chi connectivity index (χ1v) is 10.7. The molecule has 1 aromatic heterocycles. The van der Waals surface area contributed by atoms with Crippen LogP contribution in [0.15, 0.2) is 85.2 Å². The molecule has 0 radical (unpaired) electrons. The van der Waals surface area contributed by atoms with Gasteiger partial charge in [0.05, 0.1) is 5.69 Å². The van der Waals surface area contributed by atoms with Crippen molar-refractivity contribution in [3.05, 3.63) is 90.8 Å². The number of carbonyl (C=O) groups is 1. The molecule has 0 saturated carbocycles. The van der Waals surface area contributed by atoms with Gasteiger partial charge < -0.3 is 9.47 Å². The molecule has 10 heteroatoms. The van der Waals surface area contributed by atoms with E-state index in [1.54, 1.807) is 24.3 Å². The molecule has 1 heterocycles. The van der Waals surface area contributed by atoms with Crippen LogP contribution in [0.2, 0.25) is 0 Å². The molecule has 4 rings (SSSR count). The van der Waals surface area contributed by atoms with Gasteiger partial charge in [-0.2, -0.15) is 0 Å². The van der Waals surface area contributed by atoms with E-state index in [1.807, 2.05) is 37.3 Å². The van der Waals surface area contributed by atoms with Gasteiger partial charge >= 0.3 is 12.5 Å². The summed E-state index contributed by atoms with van der Waals surface area (Å²) in [6.45, 7) is 1.94. The molecule has 0 aliphatic heterocycles. The van der Waals surface area contributed by atoms with E-state index in [-0.39, 0.29) is 11.9 Å². The number of nitrogens with one attached hydrogen (secondary N) is 1. The third-order valence-corrected chi connectivity index (χ3v) is 5.01. The predicted octanol–water partition coefficient (Wildman–Crippen LogP) is 6.53. The molecule has 1 unspecified atom stereocenters. The first-order valence-electron chi connectivity index (χ1n) is 10.7. The highest BCUT2D eigenvalue weighted by Crippen LogP contribution is 2.25. The number of hydrogen-bond donors (Lipinski definition) is 1. The van der Waals surface area contributed by atoms with Crippen molar-refractivity contribution in [1.82, 2.24) is 14.8 Å². The number of aromatic nitrogens is 3. The Hall–Kier alpha value is -4.34. The Bertz CT molecular complexity index is 1260. The normalized spacial score (nSPS) is 12.1. The lowest BCUT2D eigenvalue weighted by Gasteiger charge is -2.17. The molecule has 35 heavy (non-hydrogen) atoms. The quantitative estimate of drug-likeness (QED) is 0.324. The van der Waals surface area contributed by atoms with Crippen LogP contribution in [0.5, 0.6) is 5.75 Å². The Morgan fingerprint density at radius 3 is 2.31 bits per heavy atom. The number of rotatable bonds is 7. The van der Waals surface area contributed by atoms with Gasteiger partial charge in [-0.25, -0.2) is 14.5 Å². The minimum Gasteiger partial charge on any atom is -0.441 e. The molecular formula is C25H21F3N4O3. The summed E-state index contributed by atoms with van der Waals surface area (Å²) >= 11 is 0. The fraction of sp³-hybridized carbons (Fsp3) is 0.160. The van der Waals surface area contributed by atoms with Crippen molar-refractivity contribution in [3.8, 4) is 22.8 Å². The van der Waals surface area contributed by atoms with E-state index in [1.165, 1.54) is 35.3 Å². The zero-order chi connectivity index (χ0) is 24.8. The van der Waals surface area contributed by atoms with Crippen molar-refractivity contribution in [3.63, 3.8) is 0 Å². The summed E-state index contributed by atoms with van der Waals surface area (Å²) in [4.78, 5) is 16.6. The number of benzene rings is 3. The van der Waals surface area contributed by atoms with Gasteiger partial charge in [0.15, 0.2) is 5.82 Å². The van der Waals surface area contributed by atoms with E-state index >= 15 is 0 Å². The number of alkyl halides is 3. The minimum absolute atomic E-state index is 0.322. The van der Waals surface area contributed by atoms with Crippen LogP contribution < -0.4 is 10.1 Å². The van der Waals surface area contributed by atoms with Gasteiger partial charge in [0, 0.05) is 11.3 Å². The first-order chi connectivity index (χ1) is 16.8. The fourth-order valence-electron chi connectivity index (χ4n) is 3.35. The zero-order valence-corrected chi connectivity index (χ0v) is 18.6. The Balaban J connectivity index is 1.38. The molecule has 1 atom stereocenters. The number of halogens is 3. The largest absolute Gasteiger partial charge is 0.573 e. The van der Waals surface area contributed by atoms with Gasteiger partial charge in [0.25, 0.3) is 0 Å². The lowest BCUT2D eigenvalue weighted by atomic mass is 10.1. The van der Waals surface area contributed by atoms with E-state index in [0.717, 1.165) is 5.56 Å². The highest BCUT2D eigenvalue weighted by atomic mass is 19.4. The van der Waals surface area contributed by atoms with E-state index in [2.05, 4.69) is 20.1 Å². The van der Waals surface area contributed by atoms with Crippen LogP contribution in [-0.4, -0.2) is 27.2 Å². The number of amides is 1. The van der Waals surface area contributed by atoms with E-state index in [4.69, 9.17) is 4.74 Å². The maximum atomic E-state index is 12.3. The molecule has 0 spiro atoms. The van der Waals surface area contributed by atoms with Crippen molar-refractivity contribution >= 4 is 11.8 Å². The van der Waals surface area contributed by atoms with Crippen LogP contribution in [0.1, 0.15) is 25.0 Å². The lowest BCUT2D eigenvalue weighted by Crippen LogP contribution is -2.17. The molecule has 0 fully saturated rings. The van der Waals surface area contributed by atoms with Crippen molar-refractivity contribution < 1.29 is 27.4 Å². The minimum atomic E-state index is -4.75. The summed E-state index contributed by atoms with van der Waals surface area (Å²) in [7, 11) is 0. The van der Waals surface area contributed by atoms with Crippen molar-refractivity contribution in [1.29, 1.82) is 0 Å². The average molecular weight is 482 g/mol. The van der Waals surface area contributed by atoms with Gasteiger partial charge in [-0.15, -0.1) is 18.3 Å². The molecular weight excluding hydrogens is 461 g/mol. The van der Waals surface area contributed by atoms with Gasteiger partial charge in [-0.1, -0.05) is 37.3 Å². The molecule has 1 amide bonds. The molecule has 0 saturated heterocycles. The van der Waals surface area contributed by atoms with Gasteiger partial charge in [-0.05, 0) is 60.5 Å². The predicted molar refractivity (Wildman–Crippen MR) is 123 cm³/mol. The highest BCUT2D eigenvalue weighted by molar-refractivity contribution is 5.85. The van der Waals surface area contributed by atoms with Crippen LogP contribution in [0.25, 0.3) is 17.1 Å². The third kappa shape index (κ3) is 6.38. The number of nitrogens with zero attached hydrogens (tertiary/aromatic N) is 3. The van der Waals surface area contributed by atoms with Crippen LogP contribution in [-0.2, 0) is 4.74 Å². The van der Waals surface area contributed by atoms with Crippen molar-refractivity contribution in [2.24, 2.45) is 0 Å². The van der Waals surface area contributed by atoms with Crippen LogP contribution in [0.4, 0.5) is 23.7 Å². The van der Waals surface area contributed by atoms with Gasteiger partial charge in [0.1, 0.15) is 18.2 Å². The fourth-order valence-corrected chi connectivity index (χ4v) is 3.35. The average Bonchev–Trinajstić information content (AvgIpc) is 3.33. The highest BCUT2D eigenvalue weighted by Gasteiger charge is 2.31. The number of anilines is 1. The summed E-state index contributed by atoms with van der Waals surface area (Å²) in [5.41, 5.74) is 2.67. The Labute approximate surface area is 199 Å². The number of carbonyl (C=O) groups excluding carboxylic acids is 1. The topological polar surface area (TPSA) is 78.3 Å². The van der Waals surface area contributed by atoms with E-state index in [0.29, 0.717) is 29.2 Å². The van der Waals surface area contributed by atoms with Crippen LogP contribution in [0.3, 0.4) is 0 Å². The van der Waals surface area contributed by atoms with Gasteiger partial charge in [0.2, 0.25) is 0 Å². The second-order valence-corrected chi connectivity index (χ2v) is 7.47. The lowest BCUT2D eigenvalue weighted by molar-refractivity contribution is -0.274. The summed E-state index contributed by atoms with van der Waals surface area (Å²) in [6, 6.07) is 21.7. The molecule has 1 N–H and O–H groups in total. The first kappa shape index (κ1) is 23.8. The van der Waals surface area contributed by atoms with Gasteiger partial charge in [-0.3, -0.25) is 5.32 Å². The molecule has 3 aromatic carbocycles. The van der Waals surface area contributed by atoms with Crippen LogP contribution >= 0.6 is 0 Å². The summed E-state index contributed by atoms with van der Waals surface area (Å²) in [6.07, 6.45) is -3.57. The maximum absolute atomic E-state index is 12.3. The Morgan fingerprint density at radius 1 is 1.00 bits per heavy atom. The summed E-state index contributed by atoms with van der Waals surface area (Å²) in [5.74, 6) is 0.0853. The van der Waals surface area contributed by atoms with E-state index < -0.39 is 12.5 Å². The maximum Gasteiger partial charge on any atom is 0.573 e. The van der Waals surface area contributed by atoms with E-state index in [9.17, 15) is 18.0 Å². The molecule has 4 aromatic rings. The third-order valence-electron chi connectivity index (χ3n) is 5.01. The zero-order valence-electron chi connectivity index (χ0n) is 18.6. The molecule has 0 aliphatic rings. The molecule has 0 bridgehead atoms. The van der Waals surface area contributed by atoms with Crippen LogP contribution in [0, 0.1) is 0 Å². The molecule has 7 nitrogen and oxygen atoms in total. The Kier molecular flexibility index (Phi) is 7.00. The summed E-state index contributed by atoms with van der Waals surface area (Å²) < 4.78 is 47.8.